The van der Waals surface area contributed by atoms with Gasteiger partial charge >= 0.3 is 0 Å². The summed E-state index contributed by atoms with van der Waals surface area (Å²) in [5.74, 6) is 0.0972. The summed E-state index contributed by atoms with van der Waals surface area (Å²) in [6.07, 6.45) is 9.82. The van der Waals surface area contributed by atoms with Gasteiger partial charge in [-0.15, -0.1) is 0 Å². The van der Waals surface area contributed by atoms with Gasteiger partial charge in [0.05, 0.1) is 0 Å². The predicted octanol–water partition coefficient (Wildman–Crippen LogP) is 5.84. The molecule has 0 unspecified atom stereocenters. The van der Waals surface area contributed by atoms with Crippen LogP contribution in [0.4, 0.5) is 0 Å². The van der Waals surface area contributed by atoms with Crippen LogP contribution in [0.5, 0.6) is 11.5 Å². The molecule has 0 aromatic heterocycles. The van der Waals surface area contributed by atoms with E-state index in [1.165, 1.54) is 19.3 Å². The number of rotatable bonds is 9. The van der Waals surface area contributed by atoms with Gasteiger partial charge in [0.25, 0.3) is 0 Å². The fourth-order valence-corrected chi connectivity index (χ4v) is 6.14. The highest BCUT2D eigenvalue weighted by molar-refractivity contribution is 7.91. The number of carbonyl (C=O) groups excluding carboxylic acids is 1. The van der Waals surface area contributed by atoms with Crippen molar-refractivity contribution in [2.75, 3.05) is 12.0 Å². The van der Waals surface area contributed by atoms with Crippen LogP contribution in [-0.4, -0.2) is 36.9 Å². The molecule has 0 bridgehead atoms. The molecule has 0 saturated carbocycles. The van der Waals surface area contributed by atoms with Crippen LogP contribution in [0.1, 0.15) is 96.6 Å². The van der Waals surface area contributed by atoms with Crippen molar-refractivity contribution in [3.8, 4) is 11.5 Å². The monoisotopic (exact) mass is 476 g/mol. The minimum absolute atomic E-state index is 0.0889. The quantitative estimate of drug-likeness (QED) is 0.453. The zero-order chi connectivity index (χ0) is 24.6. The third-order valence-electron chi connectivity index (χ3n) is 7.49. The van der Waals surface area contributed by atoms with Crippen molar-refractivity contribution in [1.82, 2.24) is 0 Å². The van der Waals surface area contributed by atoms with E-state index in [1.807, 2.05) is 12.1 Å². The molecule has 0 radical (unpaired) electrons. The average Bonchev–Trinajstić information content (AvgIpc) is 2.68. The molecule has 1 aromatic carbocycles. The third-order valence-corrected chi connectivity index (χ3v) is 8.28. The van der Waals surface area contributed by atoms with Gasteiger partial charge in [0.1, 0.15) is 22.9 Å². The molecular formula is C27H40O5S. The normalized spacial score (nSPS) is 22.1. The van der Waals surface area contributed by atoms with Gasteiger partial charge in [-0.2, -0.15) is 0 Å². The number of phenols is 1. The summed E-state index contributed by atoms with van der Waals surface area (Å²) in [4.78, 5) is 12.6. The van der Waals surface area contributed by atoms with E-state index in [9.17, 15) is 18.3 Å². The molecule has 0 amide bonds. The van der Waals surface area contributed by atoms with Crippen molar-refractivity contribution in [1.29, 1.82) is 0 Å². The third kappa shape index (κ3) is 5.82. The highest BCUT2D eigenvalue weighted by Gasteiger charge is 2.47. The Morgan fingerprint density at radius 2 is 1.91 bits per heavy atom. The van der Waals surface area contributed by atoms with Gasteiger partial charge in [-0.05, 0) is 61.8 Å². The molecule has 33 heavy (non-hydrogen) atoms. The van der Waals surface area contributed by atoms with Crippen molar-refractivity contribution in [2.24, 2.45) is 5.92 Å². The van der Waals surface area contributed by atoms with Gasteiger partial charge in [-0.25, -0.2) is 8.42 Å². The smallest absolute Gasteiger partial charge is 0.173 e. The van der Waals surface area contributed by atoms with Gasteiger partial charge in [0.15, 0.2) is 15.6 Å². The van der Waals surface area contributed by atoms with E-state index in [4.69, 9.17) is 4.74 Å². The van der Waals surface area contributed by atoms with Gasteiger partial charge in [-0.3, -0.25) is 4.79 Å². The Bertz CT molecular complexity index is 1030. The number of hydrogen-bond donors (Lipinski definition) is 1. The topological polar surface area (TPSA) is 80.7 Å². The van der Waals surface area contributed by atoms with Crippen molar-refractivity contribution >= 4 is 15.6 Å². The Morgan fingerprint density at radius 3 is 2.55 bits per heavy atom. The number of ether oxygens (including phenoxy) is 1. The van der Waals surface area contributed by atoms with Crippen LogP contribution in [-0.2, 0) is 20.0 Å². The minimum Gasteiger partial charge on any atom is -0.508 e. The fraction of sp³-hybridized carbons (Fsp3) is 0.667. The summed E-state index contributed by atoms with van der Waals surface area (Å²) >= 11 is 0. The molecule has 1 N–H and O–H groups in total. The SMILES string of the molecule is CCCCCCC(C)(C)c1cc(O)c2c(c1)OC(C)(C)[C@@H]1CC=C(C(=O)CS(C)(=O)=O)C[C@@H]21. The van der Waals surface area contributed by atoms with E-state index in [-0.39, 0.29) is 28.8 Å². The Balaban J connectivity index is 1.93. The first-order valence-electron chi connectivity index (χ1n) is 12.2. The van der Waals surface area contributed by atoms with Gasteiger partial charge in [-0.1, -0.05) is 52.5 Å². The second-order valence-electron chi connectivity index (χ2n) is 11.2. The summed E-state index contributed by atoms with van der Waals surface area (Å²) in [5.41, 5.74) is 1.81. The van der Waals surface area contributed by atoms with Crippen LogP contribution in [0.3, 0.4) is 0 Å². The number of phenolic OH excluding ortho intramolecular Hbond substituents is 1. The van der Waals surface area contributed by atoms with Gasteiger partial charge in [0, 0.05) is 23.7 Å². The molecule has 0 saturated heterocycles. The standard InChI is InChI=1S/C27H40O5S/c1-7-8-9-10-13-26(2,3)19-15-22(28)25-20-14-18(23(29)17-33(6,30)31)11-12-21(20)27(4,5)32-24(25)16-19/h11,15-16,20-21,28H,7-10,12-14,17H2,1-6H3/t20-,21-/m1/s1. The number of benzene rings is 1. The maximum Gasteiger partial charge on any atom is 0.173 e. The zero-order valence-corrected chi connectivity index (χ0v) is 21.8. The lowest BCUT2D eigenvalue weighted by Gasteiger charge is -2.47. The van der Waals surface area contributed by atoms with Gasteiger partial charge in [0.2, 0.25) is 0 Å². The molecule has 2 atom stereocenters. The second kappa shape index (κ2) is 9.44. The Labute approximate surface area is 199 Å². The number of fused-ring (bicyclic) bond motifs is 3. The number of unbranched alkanes of at least 4 members (excludes halogenated alkanes) is 3. The molecule has 6 heteroatoms. The maximum atomic E-state index is 12.6. The van der Waals surface area contributed by atoms with Crippen LogP contribution in [0, 0.1) is 5.92 Å². The highest BCUT2D eigenvalue weighted by Crippen LogP contribution is 2.55. The largest absolute Gasteiger partial charge is 0.508 e. The molecule has 1 aliphatic heterocycles. The molecular weight excluding hydrogens is 436 g/mol. The number of carbonyl (C=O) groups is 1. The minimum atomic E-state index is -3.39. The van der Waals surface area contributed by atoms with Crippen LogP contribution in [0.15, 0.2) is 23.8 Å². The van der Waals surface area contributed by atoms with Crippen molar-refractivity contribution in [2.45, 2.75) is 96.5 Å². The molecule has 2 aliphatic rings. The highest BCUT2D eigenvalue weighted by atomic mass is 32.2. The Morgan fingerprint density at radius 1 is 1.21 bits per heavy atom. The van der Waals surface area contributed by atoms with Crippen molar-refractivity contribution < 1.29 is 23.1 Å². The van der Waals surface area contributed by atoms with E-state index in [0.717, 1.165) is 30.2 Å². The first-order valence-corrected chi connectivity index (χ1v) is 14.3. The number of hydrogen-bond acceptors (Lipinski definition) is 5. The summed E-state index contributed by atoms with van der Waals surface area (Å²) < 4.78 is 29.8. The summed E-state index contributed by atoms with van der Waals surface area (Å²) in [6.45, 7) is 10.7. The number of sulfone groups is 1. The lowest BCUT2D eigenvalue weighted by Crippen LogP contribution is -2.46. The summed E-state index contributed by atoms with van der Waals surface area (Å²) in [6, 6.07) is 3.94. The van der Waals surface area contributed by atoms with Gasteiger partial charge < -0.3 is 9.84 Å². The first kappa shape index (κ1) is 25.8. The average molecular weight is 477 g/mol. The molecule has 5 nitrogen and oxygen atoms in total. The number of Topliss-reactive ketones (excluding diaryl/α,β-unsaturated/α-hetero) is 1. The Kier molecular flexibility index (Phi) is 7.38. The second-order valence-corrected chi connectivity index (χ2v) is 13.3. The number of aromatic hydroxyl groups is 1. The lowest BCUT2D eigenvalue weighted by molar-refractivity contribution is -0.113. The van der Waals surface area contributed by atoms with Crippen LogP contribution in [0.25, 0.3) is 0 Å². The van der Waals surface area contributed by atoms with Crippen LogP contribution >= 0.6 is 0 Å². The molecule has 1 aliphatic carbocycles. The number of allylic oxidation sites excluding steroid dienone is 2. The number of ketones is 1. The fourth-order valence-electron chi connectivity index (χ4n) is 5.48. The molecule has 1 aromatic rings. The van der Waals surface area contributed by atoms with Crippen molar-refractivity contribution in [3.63, 3.8) is 0 Å². The molecule has 0 fully saturated rings. The zero-order valence-electron chi connectivity index (χ0n) is 21.0. The lowest BCUT2D eigenvalue weighted by atomic mass is 9.66. The first-order chi connectivity index (χ1) is 15.2. The van der Waals surface area contributed by atoms with E-state index >= 15 is 0 Å². The maximum absolute atomic E-state index is 12.6. The van der Waals surface area contributed by atoms with Crippen LogP contribution < -0.4 is 4.74 Å². The van der Waals surface area contributed by atoms with Crippen molar-refractivity contribution in [3.05, 3.63) is 34.9 Å². The predicted molar refractivity (Wildman–Crippen MR) is 133 cm³/mol. The Hall–Kier alpha value is -1.82. The van der Waals surface area contributed by atoms with Crippen LogP contribution in [0.2, 0.25) is 0 Å². The van der Waals surface area contributed by atoms with E-state index in [0.29, 0.717) is 24.2 Å². The van der Waals surface area contributed by atoms with E-state index in [1.54, 1.807) is 0 Å². The van der Waals surface area contributed by atoms with E-state index in [2.05, 4.69) is 40.7 Å². The van der Waals surface area contributed by atoms with E-state index < -0.39 is 21.2 Å². The molecule has 1 heterocycles. The molecule has 0 spiro atoms. The molecule has 3 rings (SSSR count). The summed E-state index contributed by atoms with van der Waals surface area (Å²) in [7, 11) is -3.39. The molecule has 184 valence electrons. The summed E-state index contributed by atoms with van der Waals surface area (Å²) in [5, 5.41) is 11.2.